The first-order chi connectivity index (χ1) is 9.38. The van der Waals surface area contributed by atoms with Gasteiger partial charge in [0.2, 0.25) is 0 Å². The maximum absolute atomic E-state index is 5.73. The summed E-state index contributed by atoms with van der Waals surface area (Å²) in [5, 5.41) is 8.19. The van der Waals surface area contributed by atoms with Gasteiger partial charge in [0.1, 0.15) is 6.61 Å². The van der Waals surface area contributed by atoms with Crippen molar-refractivity contribution in [1.29, 1.82) is 0 Å². The molecule has 0 fully saturated rings. The molecule has 96 valence electrons. The molecule has 0 aliphatic heterocycles. The Labute approximate surface area is 110 Å². The highest BCUT2D eigenvalue weighted by atomic mass is 16.5. The SMILES string of the molecule is COc1ccccc1OCc1nnc2ccccn12. The lowest BCUT2D eigenvalue weighted by Crippen LogP contribution is -2.02. The van der Waals surface area contributed by atoms with Gasteiger partial charge in [0.25, 0.3) is 0 Å². The van der Waals surface area contributed by atoms with Crippen molar-refractivity contribution in [2.24, 2.45) is 0 Å². The topological polar surface area (TPSA) is 48.7 Å². The summed E-state index contributed by atoms with van der Waals surface area (Å²) in [4.78, 5) is 0. The lowest BCUT2D eigenvalue weighted by molar-refractivity contribution is 0.275. The molecule has 0 amide bonds. The van der Waals surface area contributed by atoms with E-state index in [-0.39, 0.29) is 0 Å². The first-order valence-corrected chi connectivity index (χ1v) is 5.93. The van der Waals surface area contributed by atoms with Crippen LogP contribution in [0, 0.1) is 0 Å². The molecule has 0 unspecified atom stereocenters. The lowest BCUT2D eigenvalue weighted by atomic mass is 10.3. The van der Waals surface area contributed by atoms with Crippen molar-refractivity contribution >= 4 is 5.65 Å². The summed E-state index contributed by atoms with van der Waals surface area (Å²) in [5.74, 6) is 2.15. The molecule has 0 N–H and O–H groups in total. The Morgan fingerprint density at radius 1 is 1.00 bits per heavy atom. The van der Waals surface area contributed by atoms with Crippen molar-refractivity contribution in [3.63, 3.8) is 0 Å². The molecule has 0 radical (unpaired) electrons. The van der Waals surface area contributed by atoms with Gasteiger partial charge in [-0.05, 0) is 24.3 Å². The number of pyridine rings is 1. The zero-order valence-electron chi connectivity index (χ0n) is 10.5. The second-order valence-electron chi connectivity index (χ2n) is 3.98. The number of aromatic nitrogens is 3. The van der Waals surface area contributed by atoms with E-state index in [1.807, 2.05) is 53.1 Å². The number of para-hydroxylation sites is 2. The lowest BCUT2D eigenvalue weighted by Gasteiger charge is -2.09. The summed E-state index contributed by atoms with van der Waals surface area (Å²) in [6, 6.07) is 13.3. The summed E-state index contributed by atoms with van der Waals surface area (Å²) in [7, 11) is 1.62. The molecule has 3 aromatic rings. The fraction of sp³-hybridized carbons (Fsp3) is 0.143. The zero-order valence-corrected chi connectivity index (χ0v) is 10.5. The van der Waals surface area contributed by atoms with Gasteiger partial charge in [0.15, 0.2) is 23.0 Å². The van der Waals surface area contributed by atoms with E-state index in [1.165, 1.54) is 0 Å². The highest BCUT2D eigenvalue weighted by Crippen LogP contribution is 2.26. The number of rotatable bonds is 4. The third-order valence-electron chi connectivity index (χ3n) is 2.81. The average Bonchev–Trinajstić information content (AvgIpc) is 2.89. The number of hydrogen-bond acceptors (Lipinski definition) is 4. The van der Waals surface area contributed by atoms with Gasteiger partial charge in [0.05, 0.1) is 7.11 Å². The first-order valence-electron chi connectivity index (χ1n) is 5.93. The molecule has 0 aliphatic carbocycles. The number of methoxy groups -OCH3 is 1. The van der Waals surface area contributed by atoms with Gasteiger partial charge >= 0.3 is 0 Å². The van der Waals surface area contributed by atoms with Crippen LogP contribution in [-0.4, -0.2) is 21.7 Å². The van der Waals surface area contributed by atoms with Crippen LogP contribution >= 0.6 is 0 Å². The fourth-order valence-corrected chi connectivity index (χ4v) is 1.87. The average molecular weight is 255 g/mol. The molecule has 0 aliphatic rings. The summed E-state index contributed by atoms with van der Waals surface area (Å²) in [6.45, 7) is 0.339. The largest absolute Gasteiger partial charge is 0.493 e. The number of ether oxygens (including phenoxy) is 2. The van der Waals surface area contributed by atoms with Crippen molar-refractivity contribution in [1.82, 2.24) is 14.6 Å². The predicted octanol–water partition coefficient (Wildman–Crippen LogP) is 2.32. The van der Waals surface area contributed by atoms with Crippen LogP contribution in [0.15, 0.2) is 48.7 Å². The number of hydrogen-bond donors (Lipinski definition) is 0. The molecule has 0 saturated carbocycles. The Balaban J connectivity index is 1.82. The van der Waals surface area contributed by atoms with Gasteiger partial charge in [-0.15, -0.1) is 10.2 Å². The minimum absolute atomic E-state index is 0.339. The van der Waals surface area contributed by atoms with E-state index in [1.54, 1.807) is 7.11 Å². The monoisotopic (exact) mass is 255 g/mol. The van der Waals surface area contributed by atoms with E-state index in [4.69, 9.17) is 9.47 Å². The van der Waals surface area contributed by atoms with Crippen LogP contribution in [0.2, 0.25) is 0 Å². The number of nitrogens with zero attached hydrogens (tertiary/aromatic N) is 3. The van der Waals surface area contributed by atoms with Crippen LogP contribution in [0.4, 0.5) is 0 Å². The third-order valence-corrected chi connectivity index (χ3v) is 2.81. The predicted molar refractivity (Wildman–Crippen MR) is 70.3 cm³/mol. The third kappa shape index (κ3) is 2.22. The maximum atomic E-state index is 5.73. The second-order valence-corrected chi connectivity index (χ2v) is 3.98. The van der Waals surface area contributed by atoms with Gasteiger partial charge in [-0.25, -0.2) is 0 Å². The fourth-order valence-electron chi connectivity index (χ4n) is 1.87. The van der Waals surface area contributed by atoms with Gasteiger partial charge in [-0.3, -0.25) is 4.40 Å². The molecule has 0 saturated heterocycles. The van der Waals surface area contributed by atoms with Crippen molar-refractivity contribution < 1.29 is 9.47 Å². The standard InChI is InChI=1S/C14H13N3O2/c1-18-11-6-2-3-7-12(11)19-10-14-16-15-13-8-4-5-9-17(13)14/h2-9H,10H2,1H3. The molecule has 0 spiro atoms. The van der Waals surface area contributed by atoms with E-state index < -0.39 is 0 Å². The van der Waals surface area contributed by atoms with E-state index in [0.717, 1.165) is 11.5 Å². The highest BCUT2D eigenvalue weighted by Gasteiger charge is 2.07. The maximum Gasteiger partial charge on any atom is 0.175 e. The number of fused-ring (bicyclic) bond motifs is 1. The van der Waals surface area contributed by atoms with Crippen LogP contribution in [0.1, 0.15) is 5.82 Å². The molecule has 2 aromatic heterocycles. The van der Waals surface area contributed by atoms with E-state index in [9.17, 15) is 0 Å². The van der Waals surface area contributed by atoms with Gasteiger partial charge in [-0.2, -0.15) is 0 Å². The van der Waals surface area contributed by atoms with Crippen molar-refractivity contribution in [2.75, 3.05) is 7.11 Å². The van der Waals surface area contributed by atoms with Crippen LogP contribution in [0.25, 0.3) is 5.65 Å². The molecular weight excluding hydrogens is 242 g/mol. The minimum atomic E-state index is 0.339. The van der Waals surface area contributed by atoms with E-state index in [2.05, 4.69) is 10.2 Å². The van der Waals surface area contributed by atoms with Crippen LogP contribution in [0.3, 0.4) is 0 Å². The summed E-state index contributed by atoms with van der Waals surface area (Å²) >= 11 is 0. The summed E-state index contributed by atoms with van der Waals surface area (Å²) in [6.07, 6.45) is 1.91. The van der Waals surface area contributed by atoms with Crippen molar-refractivity contribution in [2.45, 2.75) is 6.61 Å². The molecule has 1 aromatic carbocycles. The second kappa shape index (κ2) is 4.97. The Kier molecular flexibility index (Phi) is 3.02. The molecule has 2 heterocycles. The van der Waals surface area contributed by atoms with Crippen molar-refractivity contribution in [3.8, 4) is 11.5 Å². The van der Waals surface area contributed by atoms with Crippen LogP contribution in [-0.2, 0) is 6.61 Å². The highest BCUT2D eigenvalue weighted by molar-refractivity contribution is 5.40. The molecule has 5 heteroatoms. The Bertz CT molecular complexity index is 694. The quantitative estimate of drug-likeness (QED) is 0.717. The normalized spacial score (nSPS) is 10.6. The van der Waals surface area contributed by atoms with E-state index in [0.29, 0.717) is 18.1 Å². The van der Waals surface area contributed by atoms with E-state index >= 15 is 0 Å². The molecule has 5 nitrogen and oxygen atoms in total. The van der Waals surface area contributed by atoms with Crippen molar-refractivity contribution in [3.05, 3.63) is 54.5 Å². The van der Waals surface area contributed by atoms with Gasteiger partial charge in [-0.1, -0.05) is 18.2 Å². The molecule has 3 rings (SSSR count). The van der Waals surface area contributed by atoms with Crippen LogP contribution < -0.4 is 9.47 Å². The summed E-state index contributed by atoms with van der Waals surface area (Å²) in [5.41, 5.74) is 0.807. The molecule has 0 atom stereocenters. The Morgan fingerprint density at radius 3 is 2.63 bits per heavy atom. The minimum Gasteiger partial charge on any atom is -0.493 e. The smallest absolute Gasteiger partial charge is 0.175 e. The summed E-state index contributed by atoms with van der Waals surface area (Å²) < 4.78 is 12.9. The molecule has 19 heavy (non-hydrogen) atoms. The molecular formula is C14H13N3O2. The van der Waals surface area contributed by atoms with Gasteiger partial charge < -0.3 is 9.47 Å². The van der Waals surface area contributed by atoms with Gasteiger partial charge in [0, 0.05) is 6.20 Å². The zero-order chi connectivity index (χ0) is 13.1. The Hall–Kier alpha value is -2.56. The first kappa shape index (κ1) is 11.5. The number of benzene rings is 1. The molecule has 0 bridgehead atoms. The Morgan fingerprint density at radius 2 is 1.79 bits per heavy atom. The van der Waals surface area contributed by atoms with Crippen LogP contribution in [0.5, 0.6) is 11.5 Å².